The molecule has 2 rings (SSSR count). The smallest absolute Gasteiger partial charge is 0.125 e. The van der Waals surface area contributed by atoms with Gasteiger partial charge in [0.1, 0.15) is 5.75 Å². The number of aliphatic hydroxyl groups excluding tert-OH is 1. The lowest BCUT2D eigenvalue weighted by Gasteiger charge is -2.18. The topological polar surface area (TPSA) is 29.5 Å². The van der Waals surface area contributed by atoms with Gasteiger partial charge in [-0.05, 0) is 37.6 Å². The van der Waals surface area contributed by atoms with Gasteiger partial charge in [0, 0.05) is 16.5 Å². The molecule has 0 saturated carbocycles. The highest BCUT2D eigenvalue weighted by Crippen LogP contribution is 2.28. The minimum atomic E-state index is -0.564. The zero-order chi connectivity index (χ0) is 14.5. The molecule has 2 nitrogen and oxygen atoms in total. The maximum atomic E-state index is 10.4. The summed E-state index contributed by atoms with van der Waals surface area (Å²) in [6.07, 6.45) is 0.105. The molecule has 1 unspecified atom stereocenters. The molecule has 0 radical (unpaired) electrons. The van der Waals surface area contributed by atoms with Gasteiger partial charge in [0.25, 0.3) is 0 Å². The van der Waals surface area contributed by atoms with Crippen molar-refractivity contribution in [3.05, 3.63) is 64.1 Å². The fraction of sp³-hybridized carbons (Fsp3) is 0.294. The normalized spacial score (nSPS) is 12.4. The summed E-state index contributed by atoms with van der Waals surface area (Å²) in [4.78, 5) is 0. The van der Waals surface area contributed by atoms with E-state index in [0.29, 0.717) is 6.42 Å². The van der Waals surface area contributed by atoms with Crippen molar-refractivity contribution in [2.45, 2.75) is 32.5 Å². The molecule has 0 aromatic heterocycles. The molecule has 0 spiro atoms. The number of ether oxygens (including phenoxy) is 1. The Morgan fingerprint density at radius 3 is 2.35 bits per heavy atom. The molecule has 0 fully saturated rings. The van der Waals surface area contributed by atoms with Crippen molar-refractivity contribution in [3.8, 4) is 5.75 Å². The quantitative estimate of drug-likeness (QED) is 0.871. The van der Waals surface area contributed by atoms with Crippen molar-refractivity contribution < 1.29 is 9.84 Å². The van der Waals surface area contributed by atoms with Crippen molar-refractivity contribution in [1.82, 2.24) is 0 Å². The van der Waals surface area contributed by atoms with Gasteiger partial charge in [-0.3, -0.25) is 0 Å². The van der Waals surface area contributed by atoms with Crippen molar-refractivity contribution in [2.75, 3.05) is 0 Å². The summed E-state index contributed by atoms with van der Waals surface area (Å²) in [6, 6.07) is 15.7. The van der Waals surface area contributed by atoms with E-state index in [4.69, 9.17) is 4.74 Å². The summed E-state index contributed by atoms with van der Waals surface area (Å²) in [5.74, 6) is 0.757. The first kappa shape index (κ1) is 15.1. The van der Waals surface area contributed by atoms with E-state index in [1.165, 1.54) is 0 Å². The van der Waals surface area contributed by atoms with E-state index < -0.39 is 6.10 Å². The molecule has 2 aromatic rings. The van der Waals surface area contributed by atoms with Gasteiger partial charge in [0.15, 0.2) is 0 Å². The molecular formula is C17H19BrO2. The molecule has 3 heteroatoms. The lowest BCUT2D eigenvalue weighted by Crippen LogP contribution is -2.10. The highest BCUT2D eigenvalue weighted by atomic mass is 79.9. The van der Waals surface area contributed by atoms with Gasteiger partial charge in [-0.25, -0.2) is 0 Å². The highest BCUT2D eigenvalue weighted by Gasteiger charge is 2.14. The van der Waals surface area contributed by atoms with Crippen molar-refractivity contribution in [3.63, 3.8) is 0 Å². The van der Waals surface area contributed by atoms with Gasteiger partial charge < -0.3 is 9.84 Å². The first-order valence-electron chi connectivity index (χ1n) is 6.74. The van der Waals surface area contributed by atoms with Crippen molar-refractivity contribution in [2.24, 2.45) is 0 Å². The van der Waals surface area contributed by atoms with Crippen LogP contribution in [-0.4, -0.2) is 11.2 Å². The third-order valence-corrected chi connectivity index (χ3v) is 3.51. The predicted octanol–water partition coefficient (Wildman–Crippen LogP) is 4.51. The zero-order valence-corrected chi connectivity index (χ0v) is 13.3. The molecule has 0 aliphatic carbocycles. The molecule has 1 N–H and O–H groups in total. The Balaban J connectivity index is 2.16. The van der Waals surface area contributed by atoms with Gasteiger partial charge in [0.05, 0.1) is 12.2 Å². The van der Waals surface area contributed by atoms with Crippen molar-refractivity contribution in [1.29, 1.82) is 0 Å². The van der Waals surface area contributed by atoms with E-state index in [9.17, 15) is 5.11 Å². The van der Waals surface area contributed by atoms with Crippen LogP contribution >= 0.6 is 15.9 Å². The minimum Gasteiger partial charge on any atom is -0.491 e. The standard InChI is InChI=1S/C17H19BrO2/c1-12(2)20-17-6-4-3-5-15(17)16(19)11-13-7-9-14(18)10-8-13/h3-10,12,16,19H,11H2,1-2H3. The van der Waals surface area contributed by atoms with E-state index in [0.717, 1.165) is 21.3 Å². The molecular weight excluding hydrogens is 316 g/mol. The molecule has 106 valence electrons. The molecule has 0 aliphatic rings. The van der Waals surface area contributed by atoms with Crippen LogP contribution in [0.3, 0.4) is 0 Å². The van der Waals surface area contributed by atoms with Crippen molar-refractivity contribution >= 4 is 15.9 Å². The number of hydrogen-bond donors (Lipinski definition) is 1. The Hall–Kier alpha value is -1.32. The molecule has 0 bridgehead atoms. The molecule has 0 saturated heterocycles. The van der Waals surface area contributed by atoms with E-state index in [1.807, 2.05) is 62.4 Å². The monoisotopic (exact) mass is 334 g/mol. The highest BCUT2D eigenvalue weighted by molar-refractivity contribution is 9.10. The molecule has 1 atom stereocenters. The van der Waals surface area contributed by atoms with E-state index in [2.05, 4.69) is 15.9 Å². The first-order chi connectivity index (χ1) is 9.56. The van der Waals surface area contributed by atoms with Crippen LogP contribution in [0.25, 0.3) is 0 Å². The number of hydrogen-bond acceptors (Lipinski definition) is 2. The number of para-hydroxylation sites is 1. The summed E-state index contributed by atoms with van der Waals surface area (Å²) in [6.45, 7) is 3.97. The largest absolute Gasteiger partial charge is 0.491 e. The predicted molar refractivity (Wildman–Crippen MR) is 85.0 cm³/mol. The fourth-order valence-corrected chi connectivity index (χ4v) is 2.34. The van der Waals surface area contributed by atoms with Gasteiger partial charge in [-0.15, -0.1) is 0 Å². The summed E-state index contributed by atoms with van der Waals surface area (Å²) in [5.41, 5.74) is 1.93. The number of benzene rings is 2. The van der Waals surface area contributed by atoms with Crippen LogP contribution < -0.4 is 4.74 Å². The van der Waals surface area contributed by atoms with Crippen LogP contribution in [0, 0.1) is 0 Å². The van der Waals surface area contributed by atoms with E-state index in [1.54, 1.807) is 0 Å². The van der Waals surface area contributed by atoms with Crippen LogP contribution in [0.1, 0.15) is 31.1 Å². The Kier molecular flexibility index (Phi) is 5.21. The second kappa shape index (κ2) is 6.91. The average Bonchev–Trinajstić information content (AvgIpc) is 2.41. The van der Waals surface area contributed by atoms with Gasteiger partial charge in [-0.2, -0.15) is 0 Å². The van der Waals surface area contributed by atoms with Crippen LogP contribution in [-0.2, 0) is 6.42 Å². The Morgan fingerprint density at radius 2 is 1.70 bits per heavy atom. The Morgan fingerprint density at radius 1 is 1.05 bits per heavy atom. The second-order valence-corrected chi connectivity index (χ2v) is 5.97. The number of halogens is 1. The zero-order valence-electron chi connectivity index (χ0n) is 11.7. The first-order valence-corrected chi connectivity index (χ1v) is 7.53. The summed E-state index contributed by atoms with van der Waals surface area (Å²) < 4.78 is 6.80. The van der Waals surface area contributed by atoms with Gasteiger partial charge in [-0.1, -0.05) is 46.3 Å². The molecule has 0 heterocycles. The molecule has 0 amide bonds. The average molecular weight is 335 g/mol. The summed E-state index contributed by atoms with van der Waals surface area (Å²) >= 11 is 3.41. The van der Waals surface area contributed by atoms with Gasteiger partial charge in [0.2, 0.25) is 0 Å². The summed E-state index contributed by atoms with van der Waals surface area (Å²) in [5, 5.41) is 10.4. The SMILES string of the molecule is CC(C)Oc1ccccc1C(O)Cc1ccc(Br)cc1. The Labute approximate surface area is 128 Å². The minimum absolute atomic E-state index is 0.0935. The summed E-state index contributed by atoms with van der Waals surface area (Å²) in [7, 11) is 0. The maximum absolute atomic E-state index is 10.4. The lowest BCUT2D eigenvalue weighted by molar-refractivity contribution is 0.166. The van der Waals surface area contributed by atoms with Crippen LogP contribution in [0.15, 0.2) is 53.0 Å². The third kappa shape index (κ3) is 4.09. The van der Waals surface area contributed by atoms with Crippen LogP contribution in [0.5, 0.6) is 5.75 Å². The fourth-order valence-electron chi connectivity index (χ4n) is 2.07. The van der Waals surface area contributed by atoms with E-state index >= 15 is 0 Å². The van der Waals surface area contributed by atoms with Crippen LogP contribution in [0.2, 0.25) is 0 Å². The number of aliphatic hydroxyl groups is 1. The lowest BCUT2D eigenvalue weighted by atomic mass is 10.0. The molecule has 2 aromatic carbocycles. The second-order valence-electron chi connectivity index (χ2n) is 5.05. The maximum Gasteiger partial charge on any atom is 0.125 e. The van der Waals surface area contributed by atoms with E-state index in [-0.39, 0.29) is 6.10 Å². The van der Waals surface area contributed by atoms with Crippen LogP contribution in [0.4, 0.5) is 0 Å². The van der Waals surface area contributed by atoms with Gasteiger partial charge >= 0.3 is 0 Å². The molecule has 20 heavy (non-hydrogen) atoms. The Bertz CT molecular complexity index is 549. The molecule has 0 aliphatic heterocycles. The number of rotatable bonds is 5. The third-order valence-electron chi connectivity index (χ3n) is 2.98.